The van der Waals surface area contributed by atoms with Gasteiger partial charge in [-0.15, -0.1) is 0 Å². The summed E-state index contributed by atoms with van der Waals surface area (Å²) in [6.45, 7) is 10.1. The van der Waals surface area contributed by atoms with Crippen LogP contribution in [-0.4, -0.2) is 71.4 Å². The largest absolute Gasteiger partial charge is 0.372 e. The van der Waals surface area contributed by atoms with Crippen LogP contribution in [0, 0.1) is 6.92 Å². The van der Waals surface area contributed by atoms with E-state index >= 15 is 0 Å². The molecule has 0 unspecified atom stereocenters. The summed E-state index contributed by atoms with van der Waals surface area (Å²) in [6.07, 6.45) is 0.824. The van der Waals surface area contributed by atoms with Crippen LogP contribution in [-0.2, 0) is 4.79 Å². The van der Waals surface area contributed by atoms with Crippen molar-refractivity contribution < 1.29 is 9.59 Å². The summed E-state index contributed by atoms with van der Waals surface area (Å²) in [4.78, 5) is 38.2. The molecule has 1 aliphatic heterocycles. The highest BCUT2D eigenvalue weighted by Crippen LogP contribution is 2.20. The number of aromatic nitrogens is 2. The second-order valence-corrected chi connectivity index (χ2v) is 7.00. The van der Waals surface area contributed by atoms with E-state index in [0.717, 1.165) is 36.6 Å². The number of hydrogen-bond acceptors (Lipinski definition) is 6. The van der Waals surface area contributed by atoms with E-state index in [-0.39, 0.29) is 5.91 Å². The van der Waals surface area contributed by atoms with E-state index in [1.165, 1.54) is 0 Å². The molecule has 1 aromatic heterocycles. The van der Waals surface area contributed by atoms with Crippen molar-refractivity contribution in [2.75, 3.05) is 49.5 Å². The zero-order valence-electron chi connectivity index (χ0n) is 17.3. The fourth-order valence-electron chi connectivity index (χ4n) is 3.40. The van der Waals surface area contributed by atoms with Gasteiger partial charge in [-0.3, -0.25) is 9.59 Å². The average Bonchev–Trinajstić information content (AvgIpc) is 2.75. The first-order valence-electron chi connectivity index (χ1n) is 10.00. The highest BCUT2D eigenvalue weighted by Gasteiger charge is 2.23. The van der Waals surface area contributed by atoms with Gasteiger partial charge in [0, 0.05) is 56.3 Å². The zero-order chi connectivity index (χ0) is 20.8. The van der Waals surface area contributed by atoms with Crippen LogP contribution in [0.5, 0.6) is 0 Å². The predicted octanol–water partition coefficient (Wildman–Crippen LogP) is 2.29. The number of aryl methyl sites for hydroxylation is 1. The Labute approximate surface area is 171 Å². The quantitative estimate of drug-likeness (QED) is 0.723. The summed E-state index contributed by atoms with van der Waals surface area (Å²) in [5.41, 5.74) is 3.11. The maximum atomic E-state index is 12.8. The molecule has 8 nitrogen and oxygen atoms in total. The molecule has 1 saturated heterocycles. The Morgan fingerprint density at radius 3 is 2.34 bits per heavy atom. The number of nitrogens with one attached hydrogen (secondary N) is 1. The van der Waals surface area contributed by atoms with Gasteiger partial charge in [0.05, 0.1) is 0 Å². The van der Waals surface area contributed by atoms with E-state index in [4.69, 9.17) is 0 Å². The molecule has 0 radical (unpaired) electrons. The van der Waals surface area contributed by atoms with Crippen LogP contribution in [0.4, 0.5) is 17.3 Å². The molecule has 1 fully saturated rings. The van der Waals surface area contributed by atoms with Crippen LogP contribution in [0.2, 0.25) is 0 Å². The standard InChI is InChI=1S/C21H28N6O2/c1-4-26(5-2)18-8-6-17(7-9-18)23-21-22-16(3)14-19(24-21)20(29)27-12-10-25(15-28)11-13-27/h6-9,14-15H,4-5,10-13H2,1-3H3,(H,22,23,24). The van der Waals surface area contributed by atoms with Crippen LogP contribution in [0.3, 0.4) is 0 Å². The minimum absolute atomic E-state index is 0.138. The molecule has 1 aliphatic rings. The van der Waals surface area contributed by atoms with Gasteiger partial charge in [-0.1, -0.05) is 0 Å². The molecular weight excluding hydrogens is 368 g/mol. The molecule has 2 aromatic rings. The first-order chi connectivity index (χ1) is 14.0. The molecule has 0 spiro atoms. The molecule has 0 aliphatic carbocycles. The number of anilines is 3. The topological polar surface area (TPSA) is 81.7 Å². The minimum atomic E-state index is -0.138. The molecule has 154 valence electrons. The number of carbonyl (C=O) groups is 2. The Hall–Kier alpha value is -3.16. The lowest BCUT2D eigenvalue weighted by atomic mass is 10.2. The second-order valence-electron chi connectivity index (χ2n) is 7.00. The monoisotopic (exact) mass is 396 g/mol. The maximum absolute atomic E-state index is 12.8. The number of amides is 2. The van der Waals surface area contributed by atoms with Gasteiger partial charge in [-0.25, -0.2) is 9.97 Å². The third-order valence-corrected chi connectivity index (χ3v) is 5.08. The molecule has 0 saturated carbocycles. The number of carbonyl (C=O) groups excluding carboxylic acids is 2. The van der Waals surface area contributed by atoms with Crippen LogP contribution in [0.15, 0.2) is 30.3 Å². The maximum Gasteiger partial charge on any atom is 0.272 e. The van der Waals surface area contributed by atoms with Crippen LogP contribution < -0.4 is 10.2 Å². The Morgan fingerprint density at radius 1 is 1.10 bits per heavy atom. The number of hydrogen-bond donors (Lipinski definition) is 1. The lowest BCUT2D eigenvalue weighted by Gasteiger charge is -2.32. The minimum Gasteiger partial charge on any atom is -0.372 e. The van der Waals surface area contributed by atoms with Crippen molar-refractivity contribution in [3.63, 3.8) is 0 Å². The highest BCUT2D eigenvalue weighted by atomic mass is 16.2. The molecule has 3 rings (SSSR count). The van der Waals surface area contributed by atoms with Gasteiger partial charge in [-0.2, -0.15) is 0 Å². The molecule has 2 amide bonds. The predicted molar refractivity (Wildman–Crippen MR) is 114 cm³/mol. The normalized spacial score (nSPS) is 13.9. The number of rotatable bonds is 7. The van der Waals surface area contributed by atoms with E-state index in [1.54, 1.807) is 15.9 Å². The molecule has 29 heavy (non-hydrogen) atoms. The van der Waals surface area contributed by atoms with Crippen molar-refractivity contribution in [1.29, 1.82) is 0 Å². The van der Waals surface area contributed by atoms with E-state index in [9.17, 15) is 9.59 Å². The lowest BCUT2D eigenvalue weighted by Crippen LogP contribution is -2.48. The summed E-state index contributed by atoms with van der Waals surface area (Å²) >= 11 is 0. The first kappa shape index (κ1) is 20.6. The van der Waals surface area contributed by atoms with E-state index < -0.39 is 0 Å². The van der Waals surface area contributed by atoms with Gasteiger partial charge in [0.25, 0.3) is 5.91 Å². The fraction of sp³-hybridized carbons (Fsp3) is 0.429. The van der Waals surface area contributed by atoms with Crippen LogP contribution in [0.1, 0.15) is 30.0 Å². The summed E-state index contributed by atoms with van der Waals surface area (Å²) in [6, 6.07) is 9.79. The van der Waals surface area contributed by atoms with Crippen molar-refractivity contribution in [3.8, 4) is 0 Å². The fourth-order valence-corrected chi connectivity index (χ4v) is 3.40. The summed E-state index contributed by atoms with van der Waals surface area (Å²) < 4.78 is 0. The lowest BCUT2D eigenvalue weighted by molar-refractivity contribution is -0.119. The van der Waals surface area contributed by atoms with Gasteiger partial charge >= 0.3 is 0 Å². The third kappa shape index (κ3) is 5.01. The van der Waals surface area contributed by atoms with Crippen LogP contribution >= 0.6 is 0 Å². The van der Waals surface area contributed by atoms with Gasteiger partial charge in [0.2, 0.25) is 12.4 Å². The average molecular weight is 396 g/mol. The Kier molecular flexibility index (Phi) is 6.64. The van der Waals surface area contributed by atoms with Gasteiger partial charge in [0.15, 0.2) is 0 Å². The van der Waals surface area contributed by atoms with E-state index in [0.29, 0.717) is 37.8 Å². The first-order valence-corrected chi connectivity index (χ1v) is 10.00. The Morgan fingerprint density at radius 2 is 1.76 bits per heavy atom. The molecule has 0 bridgehead atoms. The second kappa shape index (κ2) is 9.36. The highest BCUT2D eigenvalue weighted by molar-refractivity contribution is 5.93. The van der Waals surface area contributed by atoms with Crippen molar-refractivity contribution in [3.05, 3.63) is 41.7 Å². The van der Waals surface area contributed by atoms with Crippen molar-refractivity contribution >= 4 is 29.6 Å². The van der Waals surface area contributed by atoms with Crippen molar-refractivity contribution in [2.45, 2.75) is 20.8 Å². The molecule has 2 heterocycles. The van der Waals surface area contributed by atoms with Crippen molar-refractivity contribution in [2.24, 2.45) is 0 Å². The Balaban J connectivity index is 1.72. The third-order valence-electron chi connectivity index (χ3n) is 5.08. The number of piperazine rings is 1. The van der Waals surface area contributed by atoms with Gasteiger partial charge in [0.1, 0.15) is 5.69 Å². The van der Waals surface area contributed by atoms with Gasteiger partial charge < -0.3 is 20.0 Å². The molecule has 1 N–H and O–H groups in total. The van der Waals surface area contributed by atoms with Gasteiger partial charge in [-0.05, 0) is 51.1 Å². The smallest absolute Gasteiger partial charge is 0.272 e. The summed E-state index contributed by atoms with van der Waals surface area (Å²) in [5.74, 6) is 0.261. The summed E-state index contributed by atoms with van der Waals surface area (Å²) in [7, 11) is 0. The zero-order valence-corrected chi connectivity index (χ0v) is 17.3. The molecule has 1 aromatic carbocycles. The van der Waals surface area contributed by atoms with E-state index in [2.05, 4.69) is 46.2 Å². The van der Waals surface area contributed by atoms with E-state index in [1.807, 2.05) is 19.1 Å². The summed E-state index contributed by atoms with van der Waals surface area (Å²) in [5, 5.41) is 3.20. The number of benzene rings is 1. The SMILES string of the molecule is CCN(CC)c1ccc(Nc2nc(C)cc(C(=O)N3CCN(C=O)CC3)n2)cc1. The molecule has 8 heteroatoms. The number of nitrogens with zero attached hydrogens (tertiary/aromatic N) is 5. The molecule has 0 atom stereocenters. The van der Waals surface area contributed by atoms with Crippen molar-refractivity contribution in [1.82, 2.24) is 19.8 Å². The Bertz CT molecular complexity index is 843. The van der Waals surface area contributed by atoms with Crippen LogP contribution in [0.25, 0.3) is 0 Å². The molecular formula is C21H28N6O2.